The monoisotopic (exact) mass is 784 g/mol. The van der Waals surface area contributed by atoms with Gasteiger partial charge in [0.05, 0.1) is 40.3 Å². The first-order chi connectivity index (χ1) is 27.4. The Morgan fingerprint density at radius 2 is 1.88 bits per heavy atom. The molecule has 7 heterocycles. The van der Waals surface area contributed by atoms with Crippen molar-refractivity contribution in [2.45, 2.75) is 107 Å². The summed E-state index contributed by atoms with van der Waals surface area (Å²) in [7, 11) is 1.49. The predicted molar refractivity (Wildman–Crippen MR) is 208 cm³/mol. The molecule has 4 aromatic rings. The lowest BCUT2D eigenvalue weighted by Gasteiger charge is -2.47. The van der Waals surface area contributed by atoms with Crippen LogP contribution in [0.3, 0.4) is 0 Å². The van der Waals surface area contributed by atoms with E-state index in [2.05, 4.69) is 15.7 Å². The number of fused-ring (bicyclic) bond motifs is 7. The number of alkyl halides is 1. The maximum Gasteiger partial charge on any atom is 0.410 e. The second-order valence-electron chi connectivity index (χ2n) is 17.1. The molecule has 2 aromatic carbocycles. The standard InChI is InChI=1S/C43H47F3N6O5/c1-6-28-30(45)10-8-24-18-27(56-23-54-5)19-29(34(24)28)37-36(46)38-35-31(47-37)11-13-32-33-12-9-26(52(33)41(53)57-42(2,3)4)21-50(32)39(35)49-40(48-38)55-22-43-15-7-17-51(43)25(20-44)14-16-43/h1,8,10,18-19,25-26,32-33H,7,9,11-17,20-23H2,2-5H3/t25-,26+,32+,33-,43-/m0/s1. The van der Waals surface area contributed by atoms with Crippen LogP contribution in [0.15, 0.2) is 24.3 Å². The van der Waals surface area contributed by atoms with Crippen molar-refractivity contribution in [3.8, 4) is 35.4 Å². The van der Waals surface area contributed by atoms with Crippen LogP contribution in [0.5, 0.6) is 11.8 Å². The number of piperazine rings is 1. The first-order valence-corrected chi connectivity index (χ1v) is 19.9. The Morgan fingerprint density at radius 1 is 1.04 bits per heavy atom. The van der Waals surface area contributed by atoms with Crippen molar-refractivity contribution >= 4 is 33.6 Å². The second kappa shape index (κ2) is 14.2. The van der Waals surface area contributed by atoms with Gasteiger partial charge < -0.3 is 23.8 Å². The number of aryl methyl sites for hydroxylation is 1. The minimum atomic E-state index is -0.743. The minimum Gasteiger partial charge on any atom is -0.468 e. The van der Waals surface area contributed by atoms with Gasteiger partial charge in [-0.15, -0.1) is 6.42 Å². The molecule has 14 heteroatoms. The summed E-state index contributed by atoms with van der Waals surface area (Å²) in [6.07, 6.45) is 11.4. The van der Waals surface area contributed by atoms with Crippen LogP contribution in [-0.4, -0.2) is 106 Å². The number of benzene rings is 2. The van der Waals surface area contributed by atoms with Crippen LogP contribution < -0.4 is 14.4 Å². The van der Waals surface area contributed by atoms with Crippen LogP contribution >= 0.6 is 0 Å². The van der Waals surface area contributed by atoms with E-state index in [1.165, 1.54) is 13.2 Å². The van der Waals surface area contributed by atoms with Gasteiger partial charge in [-0.25, -0.2) is 22.9 Å². The van der Waals surface area contributed by atoms with Crippen molar-refractivity contribution in [1.29, 1.82) is 0 Å². The number of ether oxygens (including phenoxy) is 4. The molecule has 2 aromatic heterocycles. The third-order valence-electron chi connectivity index (χ3n) is 12.6. The Bertz CT molecular complexity index is 2310. The molecule has 0 spiro atoms. The highest BCUT2D eigenvalue weighted by atomic mass is 19.1. The van der Waals surface area contributed by atoms with Gasteiger partial charge in [-0.2, -0.15) is 9.97 Å². The van der Waals surface area contributed by atoms with E-state index in [4.69, 9.17) is 40.3 Å². The average molecular weight is 785 g/mol. The Morgan fingerprint density at radius 3 is 2.65 bits per heavy atom. The number of amides is 1. The van der Waals surface area contributed by atoms with Gasteiger partial charge in [0.1, 0.15) is 47.5 Å². The molecule has 0 saturated carbocycles. The first-order valence-electron chi connectivity index (χ1n) is 19.9. The number of carbonyl (C=O) groups is 1. The average Bonchev–Trinajstić information content (AvgIpc) is 3.83. The number of nitrogens with zero attached hydrogens (tertiary/aromatic N) is 6. The van der Waals surface area contributed by atoms with E-state index < -0.39 is 23.9 Å². The number of terminal acetylenes is 1. The van der Waals surface area contributed by atoms with Crippen molar-refractivity contribution in [2.24, 2.45) is 0 Å². The molecule has 1 amide bonds. The molecule has 2 bridgehead atoms. The summed E-state index contributed by atoms with van der Waals surface area (Å²) in [6, 6.07) is 5.49. The van der Waals surface area contributed by atoms with Gasteiger partial charge in [0.2, 0.25) is 0 Å². The molecule has 57 heavy (non-hydrogen) atoms. The third-order valence-corrected chi connectivity index (χ3v) is 12.6. The van der Waals surface area contributed by atoms with Crippen LogP contribution in [0.1, 0.15) is 77.0 Å². The molecular weight excluding hydrogens is 738 g/mol. The number of rotatable bonds is 8. The summed E-state index contributed by atoms with van der Waals surface area (Å²) < 4.78 is 70.4. The molecule has 300 valence electrons. The van der Waals surface area contributed by atoms with Gasteiger partial charge in [0.15, 0.2) is 12.6 Å². The molecule has 11 nitrogen and oxygen atoms in total. The maximum absolute atomic E-state index is 17.6. The molecule has 0 unspecified atom stereocenters. The largest absolute Gasteiger partial charge is 0.468 e. The Labute approximate surface area is 329 Å². The smallest absolute Gasteiger partial charge is 0.410 e. The van der Waals surface area contributed by atoms with Crippen LogP contribution in [-0.2, 0) is 15.9 Å². The van der Waals surface area contributed by atoms with Crippen LogP contribution in [0, 0.1) is 24.0 Å². The lowest BCUT2D eigenvalue weighted by atomic mass is 9.95. The number of methoxy groups -OCH3 is 1. The fraction of sp³-hybridized carbons (Fsp3) is 0.535. The van der Waals surface area contributed by atoms with Gasteiger partial charge in [0, 0.05) is 30.6 Å². The molecule has 4 saturated heterocycles. The summed E-state index contributed by atoms with van der Waals surface area (Å²) in [5, 5.41) is 1.31. The van der Waals surface area contributed by atoms with E-state index in [1.807, 2.05) is 25.7 Å². The number of pyridine rings is 1. The van der Waals surface area contributed by atoms with Crippen LogP contribution in [0.2, 0.25) is 0 Å². The molecule has 5 aliphatic heterocycles. The first kappa shape index (κ1) is 37.7. The SMILES string of the molecule is C#Cc1c(F)ccc2cc(OCOC)cc(-c3nc4c5c(nc(OC[C@@]67CCCN6[C@H](CF)CC7)nc5c3F)N3C[C@H]5CC[C@@H]([C@H]3CC4)N5C(=O)OC(C)(C)C)c12. The number of hydrogen-bond acceptors (Lipinski definition) is 10. The molecule has 5 aliphatic rings. The zero-order valence-electron chi connectivity index (χ0n) is 32.7. The molecule has 5 atom stereocenters. The minimum absolute atomic E-state index is 0.00406. The number of hydrogen-bond donors (Lipinski definition) is 0. The van der Waals surface area contributed by atoms with E-state index in [-0.39, 0.29) is 77.5 Å². The van der Waals surface area contributed by atoms with Crippen molar-refractivity contribution in [2.75, 3.05) is 45.2 Å². The summed E-state index contributed by atoms with van der Waals surface area (Å²) >= 11 is 0. The third kappa shape index (κ3) is 6.29. The molecule has 0 radical (unpaired) electrons. The van der Waals surface area contributed by atoms with Crippen LogP contribution in [0.4, 0.5) is 23.8 Å². The molecule has 0 aliphatic carbocycles. The van der Waals surface area contributed by atoms with E-state index in [0.29, 0.717) is 52.8 Å². The number of halogens is 3. The number of anilines is 1. The lowest BCUT2D eigenvalue weighted by molar-refractivity contribution is 0.00720. The maximum atomic E-state index is 17.6. The van der Waals surface area contributed by atoms with Crippen molar-refractivity contribution in [1.82, 2.24) is 24.8 Å². The predicted octanol–water partition coefficient (Wildman–Crippen LogP) is 7.34. The van der Waals surface area contributed by atoms with Gasteiger partial charge in [0.25, 0.3) is 0 Å². The zero-order valence-corrected chi connectivity index (χ0v) is 32.7. The quantitative estimate of drug-likeness (QED) is 0.133. The lowest BCUT2D eigenvalue weighted by Crippen LogP contribution is -2.62. The fourth-order valence-corrected chi connectivity index (χ4v) is 10.3. The highest BCUT2D eigenvalue weighted by Crippen LogP contribution is 2.47. The number of aromatic nitrogens is 3. The fourth-order valence-electron chi connectivity index (χ4n) is 10.3. The highest BCUT2D eigenvalue weighted by Gasteiger charge is 2.52. The Hall–Kier alpha value is -4.87. The molecule has 9 rings (SSSR count). The van der Waals surface area contributed by atoms with Crippen molar-refractivity contribution < 1.29 is 36.9 Å². The van der Waals surface area contributed by atoms with Crippen molar-refractivity contribution in [3.05, 3.63) is 47.2 Å². The highest BCUT2D eigenvalue weighted by molar-refractivity contribution is 6.03. The molecule has 0 N–H and O–H groups in total. The molecular formula is C43H47F3N6O5. The summed E-state index contributed by atoms with van der Waals surface area (Å²) in [6.45, 7) is 6.57. The Balaban J connectivity index is 1.21. The van der Waals surface area contributed by atoms with E-state index in [9.17, 15) is 9.18 Å². The van der Waals surface area contributed by atoms with E-state index in [0.717, 1.165) is 45.1 Å². The van der Waals surface area contributed by atoms with Crippen molar-refractivity contribution in [3.63, 3.8) is 0 Å². The number of carbonyl (C=O) groups excluding carboxylic acids is 1. The summed E-state index contributed by atoms with van der Waals surface area (Å²) in [4.78, 5) is 34.8. The summed E-state index contributed by atoms with van der Waals surface area (Å²) in [5.41, 5.74) is -0.289. The summed E-state index contributed by atoms with van der Waals surface area (Å²) in [5.74, 6) is 1.95. The topological polar surface area (TPSA) is 102 Å². The second-order valence-corrected chi connectivity index (χ2v) is 17.1. The van der Waals surface area contributed by atoms with E-state index in [1.54, 1.807) is 18.2 Å². The van der Waals surface area contributed by atoms with E-state index >= 15 is 8.78 Å². The van der Waals surface area contributed by atoms with Gasteiger partial charge >= 0.3 is 12.1 Å². The Kier molecular flexibility index (Phi) is 9.39. The van der Waals surface area contributed by atoms with Gasteiger partial charge in [-0.3, -0.25) is 9.80 Å². The van der Waals surface area contributed by atoms with Gasteiger partial charge in [-0.05, 0) is 102 Å². The molecule has 4 fully saturated rings. The van der Waals surface area contributed by atoms with Crippen LogP contribution in [0.25, 0.3) is 32.9 Å². The van der Waals surface area contributed by atoms with Gasteiger partial charge in [-0.1, -0.05) is 12.0 Å². The zero-order chi connectivity index (χ0) is 39.8. The normalized spacial score (nSPS) is 25.4.